The molecule has 1 saturated carbocycles. The molecular weight excluding hydrogens is 244 g/mol. The van der Waals surface area contributed by atoms with Crippen molar-refractivity contribution in [1.29, 1.82) is 0 Å². The molecule has 0 amide bonds. The van der Waals surface area contributed by atoms with Gasteiger partial charge in [-0.3, -0.25) is 0 Å². The van der Waals surface area contributed by atoms with E-state index in [1.165, 1.54) is 32.1 Å². The highest BCUT2D eigenvalue weighted by molar-refractivity contribution is 7.80. The number of rotatable bonds is 4. The van der Waals surface area contributed by atoms with Crippen LogP contribution in [0, 0.1) is 5.92 Å². The van der Waals surface area contributed by atoms with Crippen LogP contribution >= 0.6 is 12.2 Å². The van der Waals surface area contributed by atoms with Crippen molar-refractivity contribution in [2.24, 2.45) is 11.7 Å². The molecule has 1 heterocycles. The predicted molar refractivity (Wildman–Crippen MR) is 77.6 cm³/mol. The molecular formula is C13H20N4S. The molecule has 0 saturated heterocycles. The first-order valence-electron chi connectivity index (χ1n) is 6.56. The van der Waals surface area contributed by atoms with Gasteiger partial charge in [0.05, 0.1) is 11.8 Å². The average molecular weight is 264 g/mol. The van der Waals surface area contributed by atoms with E-state index in [-0.39, 0.29) is 0 Å². The normalized spacial score (nSPS) is 18.3. The molecule has 1 aliphatic rings. The summed E-state index contributed by atoms with van der Waals surface area (Å²) in [5.74, 6) is 1.42. The van der Waals surface area contributed by atoms with Gasteiger partial charge in [0.15, 0.2) is 5.82 Å². The SMILES string of the molecule is CC(Nc1nnccc1C(N)=S)C1CCCCC1. The quantitative estimate of drug-likeness (QED) is 0.818. The molecule has 4 nitrogen and oxygen atoms in total. The number of thiocarbonyl (C=S) groups is 1. The molecule has 0 spiro atoms. The van der Waals surface area contributed by atoms with Gasteiger partial charge in [-0.25, -0.2) is 0 Å². The summed E-state index contributed by atoms with van der Waals surface area (Å²) in [5.41, 5.74) is 6.47. The van der Waals surface area contributed by atoms with Crippen molar-refractivity contribution in [1.82, 2.24) is 10.2 Å². The lowest BCUT2D eigenvalue weighted by Crippen LogP contribution is -2.29. The van der Waals surface area contributed by atoms with E-state index in [0.29, 0.717) is 22.8 Å². The van der Waals surface area contributed by atoms with Crippen molar-refractivity contribution in [3.05, 3.63) is 17.8 Å². The highest BCUT2D eigenvalue weighted by Gasteiger charge is 2.21. The fourth-order valence-corrected chi connectivity index (χ4v) is 2.77. The van der Waals surface area contributed by atoms with Gasteiger partial charge in [0.25, 0.3) is 0 Å². The Morgan fingerprint density at radius 3 is 2.83 bits per heavy atom. The molecule has 0 bridgehead atoms. The van der Waals surface area contributed by atoms with Crippen molar-refractivity contribution in [3.8, 4) is 0 Å². The van der Waals surface area contributed by atoms with E-state index in [2.05, 4.69) is 22.4 Å². The van der Waals surface area contributed by atoms with Crippen LogP contribution in [-0.4, -0.2) is 21.2 Å². The van der Waals surface area contributed by atoms with E-state index in [4.69, 9.17) is 18.0 Å². The lowest BCUT2D eigenvalue weighted by Gasteiger charge is -2.28. The first-order chi connectivity index (χ1) is 8.68. The van der Waals surface area contributed by atoms with Crippen molar-refractivity contribution >= 4 is 23.0 Å². The molecule has 1 atom stereocenters. The number of nitrogens with one attached hydrogen (secondary N) is 1. The van der Waals surface area contributed by atoms with Crippen LogP contribution in [-0.2, 0) is 0 Å². The third kappa shape index (κ3) is 3.16. The summed E-state index contributed by atoms with van der Waals surface area (Å²) < 4.78 is 0. The van der Waals surface area contributed by atoms with E-state index in [1.54, 1.807) is 6.20 Å². The Morgan fingerprint density at radius 2 is 2.17 bits per heavy atom. The number of nitrogens with zero attached hydrogens (tertiary/aromatic N) is 2. The molecule has 3 N–H and O–H groups in total. The molecule has 0 aromatic carbocycles. The molecule has 0 aliphatic heterocycles. The second-order valence-electron chi connectivity index (χ2n) is 4.99. The van der Waals surface area contributed by atoms with Crippen LogP contribution in [0.25, 0.3) is 0 Å². The molecule has 5 heteroatoms. The molecule has 2 rings (SSSR count). The van der Waals surface area contributed by atoms with E-state index in [9.17, 15) is 0 Å². The first kappa shape index (κ1) is 13.2. The second-order valence-corrected chi connectivity index (χ2v) is 5.43. The standard InChI is InChI=1S/C13H20N4S/c1-9(10-5-3-2-4-6-10)16-13-11(12(14)18)7-8-15-17-13/h7-10H,2-6H2,1H3,(H2,14,18)(H,16,17). The Balaban J connectivity index is 2.06. The minimum Gasteiger partial charge on any atom is -0.389 e. The molecule has 1 unspecified atom stereocenters. The summed E-state index contributed by atoms with van der Waals surface area (Å²) in [5, 5.41) is 11.4. The lowest BCUT2D eigenvalue weighted by atomic mass is 9.84. The number of hydrogen-bond acceptors (Lipinski definition) is 4. The van der Waals surface area contributed by atoms with Gasteiger partial charge in [0.2, 0.25) is 0 Å². The third-order valence-electron chi connectivity index (χ3n) is 3.71. The average Bonchev–Trinajstić information content (AvgIpc) is 2.40. The minimum absolute atomic E-state index is 0.364. The summed E-state index contributed by atoms with van der Waals surface area (Å²) in [6, 6.07) is 2.20. The summed E-state index contributed by atoms with van der Waals surface area (Å²) >= 11 is 5.03. The van der Waals surface area contributed by atoms with Gasteiger partial charge in [-0.1, -0.05) is 31.5 Å². The Labute approximate surface area is 113 Å². The van der Waals surface area contributed by atoms with E-state index < -0.39 is 0 Å². The monoisotopic (exact) mass is 264 g/mol. The van der Waals surface area contributed by atoms with Gasteiger partial charge in [-0.15, -0.1) is 5.10 Å². The Hall–Kier alpha value is -1.23. The van der Waals surface area contributed by atoms with E-state index in [0.717, 1.165) is 5.56 Å². The fourth-order valence-electron chi connectivity index (χ4n) is 2.60. The van der Waals surface area contributed by atoms with Gasteiger partial charge in [-0.2, -0.15) is 5.10 Å². The molecule has 1 aromatic heterocycles. The third-order valence-corrected chi connectivity index (χ3v) is 3.93. The largest absolute Gasteiger partial charge is 0.389 e. The second kappa shape index (κ2) is 6.09. The lowest BCUT2D eigenvalue weighted by molar-refractivity contribution is 0.328. The maximum absolute atomic E-state index is 5.69. The zero-order chi connectivity index (χ0) is 13.0. The smallest absolute Gasteiger partial charge is 0.159 e. The Bertz CT molecular complexity index is 415. The van der Waals surface area contributed by atoms with E-state index >= 15 is 0 Å². The molecule has 1 fully saturated rings. The number of aromatic nitrogens is 2. The number of anilines is 1. The molecule has 1 aromatic rings. The predicted octanol–water partition coefficient (Wildman–Crippen LogP) is 2.49. The van der Waals surface area contributed by atoms with Gasteiger partial charge in [0, 0.05) is 6.04 Å². The van der Waals surface area contributed by atoms with Crippen LogP contribution in [0.5, 0.6) is 0 Å². The summed E-state index contributed by atoms with van der Waals surface area (Å²) in [6.07, 6.45) is 8.23. The maximum Gasteiger partial charge on any atom is 0.159 e. The van der Waals surface area contributed by atoms with Gasteiger partial charge < -0.3 is 11.1 Å². The van der Waals surface area contributed by atoms with Crippen LogP contribution in [0.2, 0.25) is 0 Å². The van der Waals surface area contributed by atoms with Crippen LogP contribution in [0.1, 0.15) is 44.6 Å². The van der Waals surface area contributed by atoms with Crippen LogP contribution < -0.4 is 11.1 Å². The fraction of sp³-hybridized carbons (Fsp3) is 0.615. The summed E-state index contributed by atoms with van der Waals surface area (Å²) in [4.78, 5) is 0.364. The van der Waals surface area contributed by atoms with Crippen molar-refractivity contribution in [2.75, 3.05) is 5.32 Å². The van der Waals surface area contributed by atoms with Gasteiger partial charge in [-0.05, 0) is 31.7 Å². The van der Waals surface area contributed by atoms with Gasteiger partial charge >= 0.3 is 0 Å². The van der Waals surface area contributed by atoms with Gasteiger partial charge in [0.1, 0.15) is 4.99 Å². The zero-order valence-electron chi connectivity index (χ0n) is 10.7. The summed E-state index contributed by atoms with van der Waals surface area (Å²) in [6.45, 7) is 2.20. The summed E-state index contributed by atoms with van der Waals surface area (Å²) in [7, 11) is 0. The van der Waals surface area contributed by atoms with Crippen LogP contribution in [0.15, 0.2) is 12.3 Å². The van der Waals surface area contributed by atoms with E-state index in [1.807, 2.05) is 6.07 Å². The zero-order valence-corrected chi connectivity index (χ0v) is 11.5. The maximum atomic E-state index is 5.69. The molecule has 18 heavy (non-hydrogen) atoms. The Morgan fingerprint density at radius 1 is 1.44 bits per heavy atom. The molecule has 1 aliphatic carbocycles. The highest BCUT2D eigenvalue weighted by Crippen LogP contribution is 2.28. The Kier molecular flexibility index (Phi) is 4.47. The first-order valence-corrected chi connectivity index (χ1v) is 6.97. The molecule has 0 radical (unpaired) electrons. The van der Waals surface area contributed by atoms with Crippen molar-refractivity contribution < 1.29 is 0 Å². The number of hydrogen-bond donors (Lipinski definition) is 2. The van der Waals surface area contributed by atoms with Crippen molar-refractivity contribution in [3.63, 3.8) is 0 Å². The van der Waals surface area contributed by atoms with Crippen LogP contribution in [0.4, 0.5) is 5.82 Å². The highest BCUT2D eigenvalue weighted by atomic mass is 32.1. The van der Waals surface area contributed by atoms with Crippen LogP contribution in [0.3, 0.4) is 0 Å². The topological polar surface area (TPSA) is 63.8 Å². The van der Waals surface area contributed by atoms with Crippen molar-refractivity contribution in [2.45, 2.75) is 45.1 Å². The minimum atomic E-state index is 0.364. The molecule has 98 valence electrons. The number of nitrogens with two attached hydrogens (primary N) is 1.